The number of hydrogen-bond donors (Lipinski definition) is 0. The number of benzene rings is 1. The Hall–Kier alpha value is -1.03. The zero-order valence-electron chi connectivity index (χ0n) is 9.06. The zero-order valence-corrected chi connectivity index (χ0v) is 11.4. The van der Waals surface area contributed by atoms with Crippen molar-refractivity contribution in [3.63, 3.8) is 0 Å². The van der Waals surface area contributed by atoms with Crippen molar-refractivity contribution in [3.8, 4) is 0 Å². The molecule has 2 nitrogen and oxygen atoms in total. The molecular weight excluding hydrogens is 289 g/mol. The van der Waals surface area contributed by atoms with Gasteiger partial charge in [-0.3, -0.25) is 9.78 Å². The molecule has 1 aliphatic rings. The van der Waals surface area contributed by atoms with Gasteiger partial charge in [0.25, 0.3) is 0 Å². The Morgan fingerprint density at radius 3 is 2.56 bits per heavy atom. The fraction of sp³-hybridized carbons (Fsp3) is 0.0769. The minimum atomic E-state index is -0.247. The van der Waals surface area contributed by atoms with E-state index in [1.165, 1.54) is 18.0 Å². The summed E-state index contributed by atoms with van der Waals surface area (Å²) in [5.41, 5.74) is 1.44. The van der Waals surface area contributed by atoms with Crippen molar-refractivity contribution in [2.45, 2.75) is 10.1 Å². The molecular formula is C13H7Cl2NOS. The van der Waals surface area contributed by atoms with Gasteiger partial charge in [0.15, 0.2) is 5.78 Å². The first kappa shape index (κ1) is 12.0. The van der Waals surface area contributed by atoms with Crippen LogP contribution in [0.3, 0.4) is 0 Å². The fourth-order valence-electron chi connectivity index (χ4n) is 1.86. The number of carbonyl (C=O) groups is 1. The molecule has 90 valence electrons. The molecule has 0 fully saturated rings. The summed E-state index contributed by atoms with van der Waals surface area (Å²) in [6.07, 6.45) is 1.50. The van der Waals surface area contributed by atoms with Crippen LogP contribution < -0.4 is 0 Å². The van der Waals surface area contributed by atoms with E-state index in [-0.39, 0.29) is 11.0 Å². The van der Waals surface area contributed by atoms with Crippen LogP contribution >= 0.6 is 35.0 Å². The van der Waals surface area contributed by atoms with Crippen LogP contribution in [-0.4, -0.2) is 10.8 Å². The van der Waals surface area contributed by atoms with Crippen molar-refractivity contribution in [2.75, 3.05) is 0 Å². The molecule has 0 amide bonds. The standard InChI is InChI=1S/C13H7Cl2NOS/c14-8-3-1-7(2-4-8)13-12(17)11-10(18-13)5-9(15)6-16-11/h1-6,13H. The highest BCUT2D eigenvalue weighted by Crippen LogP contribution is 2.46. The summed E-state index contributed by atoms with van der Waals surface area (Å²) in [7, 11) is 0. The summed E-state index contributed by atoms with van der Waals surface area (Å²) in [4.78, 5) is 17.2. The summed E-state index contributed by atoms with van der Waals surface area (Å²) in [6.45, 7) is 0. The summed E-state index contributed by atoms with van der Waals surface area (Å²) >= 11 is 13.2. The number of Topliss-reactive ketones (excluding diaryl/α,β-unsaturated/α-hetero) is 1. The molecule has 1 aromatic carbocycles. The van der Waals surface area contributed by atoms with E-state index in [2.05, 4.69) is 4.98 Å². The number of pyridine rings is 1. The number of aromatic nitrogens is 1. The van der Waals surface area contributed by atoms with Gasteiger partial charge in [-0.15, -0.1) is 11.8 Å². The number of halogens is 2. The smallest absolute Gasteiger partial charge is 0.200 e. The van der Waals surface area contributed by atoms with Crippen LogP contribution in [0.4, 0.5) is 0 Å². The van der Waals surface area contributed by atoms with Gasteiger partial charge in [-0.2, -0.15) is 0 Å². The SMILES string of the molecule is O=C1c2ncc(Cl)cc2SC1c1ccc(Cl)cc1. The molecule has 1 aromatic heterocycles. The van der Waals surface area contributed by atoms with Crippen LogP contribution in [0.2, 0.25) is 10.0 Å². The van der Waals surface area contributed by atoms with Gasteiger partial charge in [-0.1, -0.05) is 35.3 Å². The van der Waals surface area contributed by atoms with Crippen molar-refractivity contribution in [1.82, 2.24) is 4.98 Å². The van der Waals surface area contributed by atoms with Crippen LogP contribution in [-0.2, 0) is 0 Å². The molecule has 1 unspecified atom stereocenters. The van der Waals surface area contributed by atoms with Gasteiger partial charge in [-0.05, 0) is 23.8 Å². The Kier molecular flexibility index (Phi) is 3.06. The minimum absolute atomic E-state index is 0.0222. The number of rotatable bonds is 1. The molecule has 0 saturated heterocycles. The summed E-state index contributed by atoms with van der Waals surface area (Å²) in [6, 6.07) is 9.08. The molecule has 0 N–H and O–H groups in total. The first-order valence-corrected chi connectivity index (χ1v) is 6.90. The lowest BCUT2D eigenvalue weighted by Gasteiger charge is -2.06. The van der Waals surface area contributed by atoms with E-state index >= 15 is 0 Å². The van der Waals surface area contributed by atoms with E-state index in [9.17, 15) is 4.79 Å². The molecule has 1 atom stereocenters. The van der Waals surface area contributed by atoms with Gasteiger partial charge < -0.3 is 0 Å². The highest BCUT2D eigenvalue weighted by molar-refractivity contribution is 8.00. The minimum Gasteiger partial charge on any atom is -0.291 e. The number of nitrogens with zero attached hydrogens (tertiary/aromatic N) is 1. The maximum Gasteiger partial charge on any atom is 0.200 e. The Bertz CT molecular complexity index is 627. The number of hydrogen-bond acceptors (Lipinski definition) is 3. The molecule has 1 aliphatic heterocycles. The van der Waals surface area contributed by atoms with E-state index in [4.69, 9.17) is 23.2 Å². The van der Waals surface area contributed by atoms with Crippen molar-refractivity contribution < 1.29 is 4.79 Å². The Morgan fingerprint density at radius 1 is 1.11 bits per heavy atom. The van der Waals surface area contributed by atoms with Gasteiger partial charge >= 0.3 is 0 Å². The summed E-state index contributed by atoms with van der Waals surface area (Å²) in [5.74, 6) is 0.0222. The first-order valence-electron chi connectivity index (χ1n) is 5.27. The van der Waals surface area contributed by atoms with Crippen LogP contribution in [0, 0.1) is 0 Å². The average molecular weight is 296 g/mol. The highest BCUT2D eigenvalue weighted by Gasteiger charge is 2.33. The normalized spacial score (nSPS) is 17.9. The molecule has 2 aromatic rings. The zero-order chi connectivity index (χ0) is 12.7. The van der Waals surface area contributed by atoms with E-state index in [1.807, 2.05) is 12.1 Å². The third kappa shape index (κ3) is 2.03. The fourth-order valence-corrected chi connectivity index (χ4v) is 3.43. The van der Waals surface area contributed by atoms with Crippen LogP contribution in [0.25, 0.3) is 0 Å². The molecule has 18 heavy (non-hydrogen) atoms. The monoisotopic (exact) mass is 295 g/mol. The van der Waals surface area contributed by atoms with Crippen LogP contribution in [0.1, 0.15) is 21.3 Å². The molecule has 0 bridgehead atoms. The molecule has 0 aliphatic carbocycles. The molecule has 5 heteroatoms. The first-order chi connectivity index (χ1) is 8.65. The average Bonchev–Trinajstić information content (AvgIpc) is 2.67. The van der Waals surface area contributed by atoms with Crippen molar-refractivity contribution in [1.29, 1.82) is 0 Å². The van der Waals surface area contributed by atoms with Gasteiger partial charge in [-0.25, -0.2) is 0 Å². The molecule has 2 heterocycles. The van der Waals surface area contributed by atoms with Gasteiger partial charge in [0.05, 0.1) is 10.3 Å². The maximum atomic E-state index is 12.2. The summed E-state index contributed by atoms with van der Waals surface area (Å²) in [5, 5.41) is 0.960. The Balaban J connectivity index is 1.99. The largest absolute Gasteiger partial charge is 0.291 e. The molecule has 0 saturated carbocycles. The number of thioether (sulfide) groups is 1. The predicted molar refractivity (Wildman–Crippen MR) is 73.6 cm³/mol. The van der Waals surface area contributed by atoms with Gasteiger partial charge in [0.1, 0.15) is 5.69 Å². The third-order valence-corrected chi connectivity index (χ3v) is 4.45. The number of ketones is 1. The number of fused-ring (bicyclic) bond motifs is 1. The van der Waals surface area contributed by atoms with E-state index in [1.54, 1.807) is 18.2 Å². The maximum absolute atomic E-state index is 12.2. The topological polar surface area (TPSA) is 30.0 Å². The second-order valence-electron chi connectivity index (χ2n) is 3.91. The van der Waals surface area contributed by atoms with Gasteiger partial charge in [0.2, 0.25) is 0 Å². The van der Waals surface area contributed by atoms with Crippen molar-refractivity contribution in [3.05, 3.63) is 57.8 Å². The van der Waals surface area contributed by atoms with E-state index < -0.39 is 0 Å². The van der Waals surface area contributed by atoms with Crippen LogP contribution in [0.5, 0.6) is 0 Å². The molecule has 0 spiro atoms. The second kappa shape index (κ2) is 4.57. The van der Waals surface area contributed by atoms with Crippen molar-refractivity contribution in [2.24, 2.45) is 0 Å². The quantitative estimate of drug-likeness (QED) is 0.780. The summed E-state index contributed by atoms with van der Waals surface area (Å²) < 4.78 is 0. The highest BCUT2D eigenvalue weighted by atomic mass is 35.5. The predicted octanol–water partition coefficient (Wildman–Crippen LogP) is 4.42. The lowest BCUT2D eigenvalue weighted by Crippen LogP contribution is -2.05. The second-order valence-corrected chi connectivity index (χ2v) is 5.93. The Morgan fingerprint density at radius 2 is 1.83 bits per heavy atom. The lowest BCUT2D eigenvalue weighted by molar-refractivity contribution is 0.0987. The molecule has 0 radical (unpaired) electrons. The van der Waals surface area contributed by atoms with E-state index in [0.717, 1.165) is 10.5 Å². The number of carbonyl (C=O) groups excluding carboxylic acids is 1. The van der Waals surface area contributed by atoms with E-state index in [0.29, 0.717) is 15.7 Å². The molecule has 3 rings (SSSR count). The van der Waals surface area contributed by atoms with Crippen molar-refractivity contribution >= 4 is 40.7 Å². The lowest BCUT2D eigenvalue weighted by atomic mass is 10.1. The Labute approximate surface area is 118 Å². The van der Waals surface area contributed by atoms with Gasteiger partial charge in [0, 0.05) is 16.1 Å². The third-order valence-electron chi connectivity index (χ3n) is 2.71. The van der Waals surface area contributed by atoms with Crippen LogP contribution in [0.15, 0.2) is 41.4 Å².